The monoisotopic (exact) mass is 372 g/mol. The van der Waals surface area contributed by atoms with Crippen molar-refractivity contribution in [2.75, 3.05) is 26.2 Å². The van der Waals surface area contributed by atoms with E-state index in [9.17, 15) is 9.18 Å². The van der Waals surface area contributed by atoms with Gasteiger partial charge in [0.1, 0.15) is 0 Å². The van der Waals surface area contributed by atoms with E-state index in [2.05, 4.69) is 22.4 Å². The number of halogens is 1. The zero-order valence-electron chi connectivity index (χ0n) is 14.7. The van der Waals surface area contributed by atoms with Gasteiger partial charge in [-0.2, -0.15) is 0 Å². The number of carbonyl (C=O) groups excluding carboxylic acids is 1. The van der Waals surface area contributed by atoms with Crippen LogP contribution in [0.5, 0.6) is 0 Å². The molecule has 136 valence electrons. The Morgan fingerprint density at radius 3 is 2.85 bits per heavy atom. The number of para-hydroxylation sites is 1. The van der Waals surface area contributed by atoms with Crippen molar-refractivity contribution >= 4 is 28.2 Å². The average molecular weight is 372 g/mol. The highest BCUT2D eigenvalue weighted by Gasteiger charge is 2.26. The Hall–Kier alpha value is -2.18. The van der Waals surface area contributed by atoms with E-state index in [1.165, 1.54) is 10.9 Å². The zero-order chi connectivity index (χ0) is 18.1. The Morgan fingerprint density at radius 2 is 2.08 bits per heavy atom. The number of thiophene rings is 1. The van der Waals surface area contributed by atoms with E-state index in [1.54, 1.807) is 23.5 Å². The van der Waals surface area contributed by atoms with Crippen LogP contribution in [0.15, 0.2) is 40.1 Å². The lowest BCUT2D eigenvalue weighted by Crippen LogP contribution is -2.35. The molecule has 26 heavy (non-hydrogen) atoms. The molecule has 1 aliphatic heterocycles. The Balaban J connectivity index is 1.50. The van der Waals surface area contributed by atoms with Crippen molar-refractivity contribution < 1.29 is 13.6 Å². The highest BCUT2D eigenvalue weighted by Crippen LogP contribution is 2.28. The van der Waals surface area contributed by atoms with E-state index in [1.807, 2.05) is 11.8 Å². The van der Waals surface area contributed by atoms with E-state index >= 15 is 0 Å². The first-order valence-corrected chi connectivity index (χ1v) is 9.73. The quantitative estimate of drug-likeness (QED) is 0.688. The molecular weight excluding hydrogens is 351 g/mol. The van der Waals surface area contributed by atoms with Gasteiger partial charge in [-0.3, -0.25) is 9.69 Å². The largest absolute Gasteiger partial charge is 0.448 e. The topological polar surface area (TPSA) is 36.7 Å². The van der Waals surface area contributed by atoms with Gasteiger partial charge >= 0.3 is 0 Å². The first-order chi connectivity index (χ1) is 12.6. The van der Waals surface area contributed by atoms with Gasteiger partial charge in [-0.05, 0) is 30.9 Å². The Kier molecular flexibility index (Phi) is 4.78. The number of amides is 1. The summed E-state index contributed by atoms with van der Waals surface area (Å²) < 4.78 is 19.6. The van der Waals surface area contributed by atoms with Crippen LogP contribution in [-0.2, 0) is 6.54 Å². The lowest BCUT2D eigenvalue weighted by Gasteiger charge is -2.21. The zero-order valence-corrected chi connectivity index (χ0v) is 15.5. The van der Waals surface area contributed by atoms with E-state index in [-0.39, 0.29) is 17.3 Å². The lowest BCUT2D eigenvalue weighted by molar-refractivity contribution is 0.0730. The summed E-state index contributed by atoms with van der Waals surface area (Å²) in [5.74, 6) is -0.310. The molecule has 0 spiro atoms. The third-order valence-corrected chi connectivity index (χ3v) is 5.81. The van der Waals surface area contributed by atoms with Gasteiger partial charge in [0.25, 0.3) is 5.91 Å². The standard InChI is InChI=1S/C20H21FN2O2S/c1-14-16-6-2-7-17(21)19(16)25-18(14)20(24)23-9-4-8-22(10-11-23)13-15-5-3-12-26-15/h2-3,5-7,12H,4,8-11,13H2,1H3. The number of furan rings is 1. The maximum absolute atomic E-state index is 14.0. The second kappa shape index (κ2) is 7.21. The highest BCUT2D eigenvalue weighted by atomic mass is 32.1. The Bertz CT molecular complexity index is 919. The summed E-state index contributed by atoms with van der Waals surface area (Å²) in [6.45, 7) is 5.89. The fraction of sp³-hybridized carbons (Fsp3) is 0.350. The molecule has 0 bridgehead atoms. The number of fused-ring (bicyclic) bond motifs is 1. The molecule has 4 nitrogen and oxygen atoms in total. The maximum atomic E-state index is 14.0. The van der Waals surface area contributed by atoms with Gasteiger partial charge < -0.3 is 9.32 Å². The summed E-state index contributed by atoms with van der Waals surface area (Å²) in [6, 6.07) is 9.00. The van der Waals surface area contributed by atoms with Crippen molar-refractivity contribution in [3.63, 3.8) is 0 Å². The van der Waals surface area contributed by atoms with Crippen molar-refractivity contribution in [1.82, 2.24) is 9.80 Å². The van der Waals surface area contributed by atoms with Crippen LogP contribution in [0.1, 0.15) is 27.4 Å². The first kappa shape index (κ1) is 17.2. The summed E-state index contributed by atoms with van der Waals surface area (Å²) in [5, 5.41) is 2.76. The minimum atomic E-state index is -0.428. The predicted octanol–water partition coefficient (Wildman–Crippen LogP) is 4.29. The van der Waals surface area contributed by atoms with Gasteiger partial charge in [0, 0.05) is 48.6 Å². The molecule has 2 aromatic heterocycles. The summed E-state index contributed by atoms with van der Waals surface area (Å²) in [4.78, 5) is 18.5. The third kappa shape index (κ3) is 3.27. The Morgan fingerprint density at radius 1 is 1.19 bits per heavy atom. The van der Waals surface area contributed by atoms with Gasteiger partial charge in [0.2, 0.25) is 0 Å². The smallest absolute Gasteiger partial charge is 0.289 e. The molecule has 0 unspecified atom stereocenters. The molecule has 0 aliphatic carbocycles. The van der Waals surface area contributed by atoms with Gasteiger partial charge in [0.15, 0.2) is 17.2 Å². The molecule has 0 atom stereocenters. The second-order valence-electron chi connectivity index (χ2n) is 6.67. The van der Waals surface area contributed by atoms with Crippen LogP contribution in [-0.4, -0.2) is 41.9 Å². The first-order valence-electron chi connectivity index (χ1n) is 8.85. The number of hydrogen-bond donors (Lipinski definition) is 0. The number of benzene rings is 1. The number of nitrogens with zero attached hydrogens (tertiary/aromatic N) is 2. The van der Waals surface area contributed by atoms with E-state index in [0.717, 1.165) is 26.1 Å². The molecule has 1 saturated heterocycles. The van der Waals surface area contributed by atoms with Crippen molar-refractivity contribution in [3.8, 4) is 0 Å². The molecule has 0 saturated carbocycles. The highest BCUT2D eigenvalue weighted by molar-refractivity contribution is 7.09. The molecule has 1 aliphatic rings. The number of rotatable bonds is 3. The summed E-state index contributed by atoms with van der Waals surface area (Å²) in [6.07, 6.45) is 0.921. The normalized spacial score (nSPS) is 16.2. The number of aryl methyl sites for hydroxylation is 1. The van der Waals surface area contributed by atoms with Crippen LogP contribution in [0, 0.1) is 12.7 Å². The van der Waals surface area contributed by atoms with Crippen LogP contribution in [0.2, 0.25) is 0 Å². The minimum absolute atomic E-state index is 0.143. The molecule has 3 heterocycles. The van der Waals surface area contributed by atoms with Crippen molar-refractivity contribution in [3.05, 3.63) is 57.7 Å². The maximum Gasteiger partial charge on any atom is 0.289 e. The van der Waals surface area contributed by atoms with Crippen LogP contribution in [0.3, 0.4) is 0 Å². The van der Waals surface area contributed by atoms with Crippen LogP contribution >= 0.6 is 11.3 Å². The minimum Gasteiger partial charge on any atom is -0.448 e. The van der Waals surface area contributed by atoms with E-state index in [0.29, 0.717) is 24.0 Å². The van der Waals surface area contributed by atoms with Crippen LogP contribution < -0.4 is 0 Å². The molecule has 1 aromatic carbocycles. The van der Waals surface area contributed by atoms with Gasteiger partial charge in [-0.25, -0.2) is 4.39 Å². The molecule has 6 heteroatoms. The molecule has 0 N–H and O–H groups in total. The van der Waals surface area contributed by atoms with Gasteiger partial charge in [-0.1, -0.05) is 18.2 Å². The Labute approximate surface area is 155 Å². The fourth-order valence-electron chi connectivity index (χ4n) is 3.51. The predicted molar refractivity (Wildman–Crippen MR) is 101 cm³/mol. The van der Waals surface area contributed by atoms with Crippen LogP contribution in [0.4, 0.5) is 4.39 Å². The van der Waals surface area contributed by atoms with E-state index in [4.69, 9.17) is 4.42 Å². The molecule has 3 aromatic rings. The van der Waals surface area contributed by atoms with Crippen LogP contribution in [0.25, 0.3) is 11.0 Å². The van der Waals surface area contributed by atoms with Crippen molar-refractivity contribution in [1.29, 1.82) is 0 Å². The summed E-state index contributed by atoms with van der Waals surface area (Å²) in [5.41, 5.74) is 0.881. The molecule has 1 amide bonds. The number of carbonyl (C=O) groups is 1. The fourth-order valence-corrected chi connectivity index (χ4v) is 4.26. The number of hydrogen-bond acceptors (Lipinski definition) is 4. The van der Waals surface area contributed by atoms with Gasteiger partial charge in [0.05, 0.1) is 0 Å². The summed E-state index contributed by atoms with van der Waals surface area (Å²) >= 11 is 1.76. The second-order valence-corrected chi connectivity index (χ2v) is 7.71. The summed E-state index contributed by atoms with van der Waals surface area (Å²) in [7, 11) is 0. The van der Waals surface area contributed by atoms with Crippen molar-refractivity contribution in [2.24, 2.45) is 0 Å². The van der Waals surface area contributed by atoms with E-state index < -0.39 is 5.82 Å². The third-order valence-electron chi connectivity index (χ3n) is 4.95. The van der Waals surface area contributed by atoms with Crippen molar-refractivity contribution in [2.45, 2.75) is 19.9 Å². The molecular formula is C20H21FN2O2S. The lowest BCUT2D eigenvalue weighted by atomic mass is 10.1. The molecule has 1 fully saturated rings. The molecule has 0 radical (unpaired) electrons. The SMILES string of the molecule is Cc1c(C(=O)N2CCCN(Cc3cccs3)CC2)oc2c(F)cccc12. The van der Waals surface area contributed by atoms with Gasteiger partial charge in [-0.15, -0.1) is 11.3 Å². The average Bonchev–Trinajstić information content (AvgIpc) is 3.19. The molecule has 4 rings (SSSR count).